The van der Waals surface area contributed by atoms with Crippen LogP contribution in [0.3, 0.4) is 0 Å². The number of thioether (sulfide) groups is 1. The first kappa shape index (κ1) is 16.3. The summed E-state index contributed by atoms with van der Waals surface area (Å²) in [6, 6.07) is 4.04. The molecule has 0 atom stereocenters. The zero-order valence-electron chi connectivity index (χ0n) is 12.3. The van der Waals surface area contributed by atoms with Gasteiger partial charge < -0.3 is 10.1 Å². The Kier molecular flexibility index (Phi) is 8.67. The van der Waals surface area contributed by atoms with Crippen molar-refractivity contribution in [2.75, 3.05) is 24.7 Å². The van der Waals surface area contributed by atoms with Gasteiger partial charge in [0.2, 0.25) is 0 Å². The van der Waals surface area contributed by atoms with Crippen LogP contribution in [-0.4, -0.2) is 29.6 Å². The third kappa shape index (κ3) is 8.11. The van der Waals surface area contributed by atoms with E-state index in [1.54, 1.807) is 0 Å². The van der Waals surface area contributed by atoms with Crippen molar-refractivity contribution in [3.05, 3.63) is 24.0 Å². The lowest BCUT2D eigenvalue weighted by Gasteiger charge is -2.08. The monoisotopic (exact) mass is 282 g/mol. The summed E-state index contributed by atoms with van der Waals surface area (Å²) in [6.07, 6.45) is 2.91. The van der Waals surface area contributed by atoms with Gasteiger partial charge in [-0.1, -0.05) is 20.8 Å². The molecule has 1 aromatic heterocycles. The zero-order valence-corrected chi connectivity index (χ0v) is 13.1. The molecule has 0 aromatic carbocycles. The maximum Gasteiger partial charge on any atom is 0.137 e. The molecule has 0 bridgehead atoms. The Morgan fingerprint density at radius 1 is 1.37 bits per heavy atom. The van der Waals surface area contributed by atoms with Crippen molar-refractivity contribution in [3.8, 4) is 5.75 Å². The Morgan fingerprint density at radius 2 is 2.21 bits per heavy atom. The highest BCUT2D eigenvalue weighted by atomic mass is 32.2. The number of nitrogens with zero attached hydrogens (tertiary/aromatic N) is 1. The van der Waals surface area contributed by atoms with Gasteiger partial charge in [-0.15, -0.1) is 0 Å². The van der Waals surface area contributed by atoms with Gasteiger partial charge in [0.25, 0.3) is 0 Å². The molecular weight excluding hydrogens is 256 g/mol. The molecule has 4 heteroatoms. The molecule has 0 spiro atoms. The van der Waals surface area contributed by atoms with Gasteiger partial charge in [-0.05, 0) is 42.5 Å². The van der Waals surface area contributed by atoms with Gasteiger partial charge in [0.05, 0.1) is 18.5 Å². The normalized spacial score (nSPS) is 10.9. The predicted molar refractivity (Wildman–Crippen MR) is 83.9 cm³/mol. The molecule has 0 aliphatic heterocycles. The summed E-state index contributed by atoms with van der Waals surface area (Å²) in [7, 11) is 0. The third-order valence-corrected chi connectivity index (χ3v) is 3.55. The molecule has 0 amide bonds. The maximum atomic E-state index is 5.65. The quantitative estimate of drug-likeness (QED) is 0.667. The summed E-state index contributed by atoms with van der Waals surface area (Å²) in [5.74, 6) is 3.89. The fourth-order valence-corrected chi connectivity index (χ4v) is 2.20. The molecule has 1 heterocycles. The second-order valence-corrected chi connectivity index (χ2v) is 6.30. The van der Waals surface area contributed by atoms with E-state index < -0.39 is 0 Å². The van der Waals surface area contributed by atoms with Crippen LogP contribution in [0.15, 0.2) is 18.3 Å². The molecule has 0 saturated carbocycles. The van der Waals surface area contributed by atoms with Gasteiger partial charge in [-0.25, -0.2) is 0 Å². The van der Waals surface area contributed by atoms with E-state index in [-0.39, 0.29) is 0 Å². The van der Waals surface area contributed by atoms with Crippen LogP contribution in [-0.2, 0) is 6.54 Å². The molecule has 19 heavy (non-hydrogen) atoms. The number of hydrogen-bond acceptors (Lipinski definition) is 4. The average molecular weight is 282 g/mol. The summed E-state index contributed by atoms with van der Waals surface area (Å²) in [5.41, 5.74) is 1.06. The summed E-state index contributed by atoms with van der Waals surface area (Å²) < 4.78 is 5.65. The van der Waals surface area contributed by atoms with Crippen LogP contribution < -0.4 is 10.1 Å². The van der Waals surface area contributed by atoms with Gasteiger partial charge >= 0.3 is 0 Å². The van der Waals surface area contributed by atoms with Crippen molar-refractivity contribution in [1.82, 2.24) is 10.3 Å². The van der Waals surface area contributed by atoms with Crippen molar-refractivity contribution in [2.45, 2.75) is 33.7 Å². The Balaban J connectivity index is 2.19. The molecule has 1 rings (SSSR count). The largest absolute Gasteiger partial charge is 0.492 e. The lowest BCUT2D eigenvalue weighted by atomic mass is 10.2. The predicted octanol–water partition coefficient (Wildman–Crippen LogP) is 3.35. The number of pyridine rings is 1. The molecule has 108 valence electrons. The van der Waals surface area contributed by atoms with Crippen molar-refractivity contribution in [2.24, 2.45) is 5.92 Å². The van der Waals surface area contributed by atoms with Crippen LogP contribution in [0, 0.1) is 5.92 Å². The van der Waals surface area contributed by atoms with Gasteiger partial charge in [0.15, 0.2) is 0 Å². The summed E-state index contributed by atoms with van der Waals surface area (Å²) in [5, 5.41) is 3.38. The standard InChI is InChI=1S/C15H26N2OS/c1-4-19-9-5-8-18-15-7-6-14(17-12-15)11-16-10-13(2)3/h6-7,12-13,16H,4-5,8-11H2,1-3H3. The molecule has 0 aliphatic rings. The Bertz CT molecular complexity index is 327. The molecule has 1 aromatic rings. The summed E-state index contributed by atoms with van der Waals surface area (Å²) >= 11 is 1.95. The molecule has 0 fully saturated rings. The van der Waals surface area contributed by atoms with E-state index in [0.29, 0.717) is 5.92 Å². The third-order valence-electron chi connectivity index (χ3n) is 2.56. The molecule has 3 nitrogen and oxygen atoms in total. The highest BCUT2D eigenvalue weighted by Gasteiger charge is 1.98. The first-order valence-corrected chi connectivity index (χ1v) is 8.24. The number of rotatable bonds is 10. The molecule has 0 unspecified atom stereocenters. The van der Waals surface area contributed by atoms with Crippen molar-refractivity contribution >= 4 is 11.8 Å². The highest BCUT2D eigenvalue weighted by Crippen LogP contribution is 2.10. The van der Waals surface area contributed by atoms with E-state index in [0.717, 1.165) is 37.6 Å². The van der Waals surface area contributed by atoms with Crippen molar-refractivity contribution in [1.29, 1.82) is 0 Å². The number of ether oxygens (including phenoxy) is 1. The average Bonchev–Trinajstić information content (AvgIpc) is 2.40. The van der Waals surface area contributed by atoms with Crippen LogP contribution in [0.1, 0.15) is 32.9 Å². The minimum atomic E-state index is 0.670. The first-order valence-electron chi connectivity index (χ1n) is 7.08. The maximum absolute atomic E-state index is 5.65. The first-order chi connectivity index (χ1) is 9.22. The molecule has 0 saturated heterocycles. The summed E-state index contributed by atoms with van der Waals surface area (Å²) in [6.45, 7) is 9.21. The van der Waals surface area contributed by atoms with Crippen LogP contribution in [0.5, 0.6) is 5.75 Å². The van der Waals surface area contributed by atoms with Gasteiger partial charge in [-0.2, -0.15) is 11.8 Å². The van der Waals surface area contributed by atoms with E-state index >= 15 is 0 Å². The van der Waals surface area contributed by atoms with E-state index in [4.69, 9.17) is 4.74 Å². The minimum Gasteiger partial charge on any atom is -0.492 e. The molecule has 1 N–H and O–H groups in total. The smallest absolute Gasteiger partial charge is 0.137 e. The minimum absolute atomic E-state index is 0.670. The van der Waals surface area contributed by atoms with Crippen molar-refractivity contribution < 1.29 is 4.74 Å². The number of hydrogen-bond donors (Lipinski definition) is 1. The van der Waals surface area contributed by atoms with Crippen LogP contribution in [0.4, 0.5) is 0 Å². The lowest BCUT2D eigenvalue weighted by Crippen LogP contribution is -2.19. The fourth-order valence-electron chi connectivity index (χ4n) is 1.59. The van der Waals surface area contributed by atoms with Gasteiger partial charge in [0.1, 0.15) is 5.75 Å². The zero-order chi connectivity index (χ0) is 13.9. The number of nitrogens with one attached hydrogen (secondary N) is 1. The van der Waals surface area contributed by atoms with E-state index in [2.05, 4.69) is 31.1 Å². The van der Waals surface area contributed by atoms with Crippen LogP contribution >= 0.6 is 11.8 Å². The second-order valence-electron chi connectivity index (χ2n) is 4.91. The fraction of sp³-hybridized carbons (Fsp3) is 0.667. The lowest BCUT2D eigenvalue weighted by molar-refractivity contribution is 0.317. The van der Waals surface area contributed by atoms with Crippen molar-refractivity contribution in [3.63, 3.8) is 0 Å². The SMILES string of the molecule is CCSCCCOc1ccc(CNCC(C)C)nc1. The highest BCUT2D eigenvalue weighted by molar-refractivity contribution is 7.99. The second kappa shape index (κ2) is 10.1. The Morgan fingerprint density at radius 3 is 2.84 bits per heavy atom. The van der Waals surface area contributed by atoms with Crippen LogP contribution in [0.25, 0.3) is 0 Å². The van der Waals surface area contributed by atoms with Gasteiger partial charge in [0, 0.05) is 6.54 Å². The van der Waals surface area contributed by atoms with E-state index in [1.165, 1.54) is 11.5 Å². The molecular formula is C15H26N2OS. The van der Waals surface area contributed by atoms with Crippen LogP contribution in [0.2, 0.25) is 0 Å². The Labute approximate surface area is 121 Å². The molecule has 0 aliphatic carbocycles. The van der Waals surface area contributed by atoms with E-state index in [1.807, 2.05) is 30.1 Å². The topological polar surface area (TPSA) is 34.1 Å². The Hall–Kier alpha value is -0.740. The molecule has 0 radical (unpaired) electrons. The number of aromatic nitrogens is 1. The van der Waals surface area contributed by atoms with E-state index in [9.17, 15) is 0 Å². The van der Waals surface area contributed by atoms with Gasteiger partial charge in [-0.3, -0.25) is 4.98 Å². The summed E-state index contributed by atoms with van der Waals surface area (Å²) in [4.78, 5) is 4.40.